The van der Waals surface area contributed by atoms with Crippen molar-refractivity contribution in [3.8, 4) is 0 Å². The number of likely N-dealkylation sites (tertiary alicyclic amines) is 1. The number of rotatable bonds is 6. The van der Waals surface area contributed by atoms with Gasteiger partial charge >= 0.3 is 0 Å². The summed E-state index contributed by atoms with van der Waals surface area (Å²) in [4.78, 5) is 7.04. The second-order valence-corrected chi connectivity index (χ2v) is 6.25. The van der Waals surface area contributed by atoms with E-state index in [1.54, 1.807) is 11.3 Å². The van der Waals surface area contributed by atoms with Gasteiger partial charge in [0.2, 0.25) is 0 Å². The largest absolute Gasteiger partial charge is 0.304 e. The highest BCUT2D eigenvalue weighted by molar-refractivity contribution is 7.09. The van der Waals surface area contributed by atoms with Crippen LogP contribution in [0, 0.1) is 0 Å². The number of thiazole rings is 1. The van der Waals surface area contributed by atoms with Crippen LogP contribution in [-0.2, 0) is 5.54 Å². The molecule has 1 saturated heterocycles. The summed E-state index contributed by atoms with van der Waals surface area (Å²) in [5, 5.41) is 6.98. The Labute approximate surface area is 115 Å². The maximum atomic E-state index is 4.47. The number of nitrogens with one attached hydrogen (secondary N) is 1. The fourth-order valence-electron chi connectivity index (χ4n) is 2.52. The Balaban J connectivity index is 1.80. The molecule has 1 unspecified atom stereocenters. The lowest BCUT2D eigenvalue weighted by Crippen LogP contribution is -2.44. The van der Waals surface area contributed by atoms with E-state index < -0.39 is 0 Å². The lowest BCUT2D eigenvalue weighted by molar-refractivity contribution is 0.216. The molecule has 2 rings (SSSR count). The molecule has 1 aromatic rings. The lowest BCUT2D eigenvalue weighted by atomic mass is 10.00. The Morgan fingerprint density at radius 3 is 2.78 bits per heavy atom. The molecule has 1 atom stereocenters. The summed E-state index contributed by atoms with van der Waals surface area (Å²) < 4.78 is 0. The van der Waals surface area contributed by atoms with Crippen LogP contribution in [0.2, 0.25) is 0 Å². The first-order chi connectivity index (χ1) is 8.74. The Morgan fingerprint density at radius 1 is 1.39 bits per heavy atom. The summed E-state index contributed by atoms with van der Waals surface area (Å²) in [5.74, 6) is 0. The minimum Gasteiger partial charge on any atom is -0.304 e. The van der Waals surface area contributed by atoms with E-state index in [4.69, 9.17) is 0 Å². The summed E-state index contributed by atoms with van der Waals surface area (Å²) in [6, 6.07) is 0. The molecule has 1 N–H and O–H groups in total. The monoisotopic (exact) mass is 267 g/mol. The van der Waals surface area contributed by atoms with Crippen molar-refractivity contribution >= 4 is 11.3 Å². The first-order valence-corrected chi connectivity index (χ1v) is 8.00. The second kappa shape index (κ2) is 6.64. The normalized spacial score (nSPS) is 20.8. The van der Waals surface area contributed by atoms with E-state index in [1.807, 2.05) is 6.20 Å². The quantitative estimate of drug-likeness (QED) is 0.859. The van der Waals surface area contributed by atoms with Gasteiger partial charge in [-0.3, -0.25) is 0 Å². The van der Waals surface area contributed by atoms with Gasteiger partial charge in [-0.25, -0.2) is 4.98 Å². The molecule has 18 heavy (non-hydrogen) atoms. The molecule has 2 heterocycles. The third-order valence-electron chi connectivity index (χ3n) is 4.00. The van der Waals surface area contributed by atoms with Crippen molar-refractivity contribution in [2.75, 3.05) is 26.2 Å². The van der Waals surface area contributed by atoms with Crippen molar-refractivity contribution in [1.29, 1.82) is 0 Å². The molecule has 1 aliphatic rings. The highest BCUT2D eigenvalue weighted by atomic mass is 32.1. The van der Waals surface area contributed by atoms with Crippen molar-refractivity contribution in [1.82, 2.24) is 15.2 Å². The molecule has 0 amide bonds. The van der Waals surface area contributed by atoms with Crippen molar-refractivity contribution in [3.63, 3.8) is 0 Å². The number of aromatic nitrogens is 1. The first kappa shape index (κ1) is 14.0. The Morgan fingerprint density at radius 2 is 2.17 bits per heavy atom. The predicted molar refractivity (Wildman–Crippen MR) is 78.1 cm³/mol. The minimum atomic E-state index is 0.0456. The molecule has 0 aliphatic carbocycles. The molecule has 102 valence electrons. The fourth-order valence-corrected chi connectivity index (χ4v) is 3.37. The molecule has 0 aromatic carbocycles. The molecule has 0 bridgehead atoms. The SMILES string of the molecule is CCC(C)(NCCN1CCCCC1)c1nccs1. The molecular weight excluding hydrogens is 242 g/mol. The third kappa shape index (κ3) is 3.53. The van der Waals surface area contributed by atoms with Crippen LogP contribution in [0.15, 0.2) is 11.6 Å². The zero-order valence-electron chi connectivity index (χ0n) is 11.6. The molecule has 3 nitrogen and oxygen atoms in total. The standard InChI is InChI=1S/C14H25N3S/c1-3-14(2,13-15-8-12-18-13)16-7-11-17-9-5-4-6-10-17/h8,12,16H,3-7,9-11H2,1-2H3. The summed E-state index contributed by atoms with van der Waals surface area (Å²) in [5.41, 5.74) is 0.0456. The maximum Gasteiger partial charge on any atom is 0.112 e. The van der Waals surface area contributed by atoms with E-state index in [2.05, 4.69) is 34.4 Å². The third-order valence-corrected chi connectivity index (χ3v) is 5.04. The molecular formula is C14H25N3S. The minimum absolute atomic E-state index is 0.0456. The van der Waals surface area contributed by atoms with E-state index in [0.29, 0.717) is 0 Å². The van der Waals surface area contributed by atoms with Crippen LogP contribution < -0.4 is 5.32 Å². The van der Waals surface area contributed by atoms with E-state index in [-0.39, 0.29) is 5.54 Å². The second-order valence-electron chi connectivity index (χ2n) is 5.35. The topological polar surface area (TPSA) is 28.2 Å². The zero-order chi connectivity index (χ0) is 12.8. The molecule has 0 radical (unpaired) electrons. The summed E-state index contributed by atoms with van der Waals surface area (Å²) in [6.07, 6.45) is 7.14. The lowest BCUT2D eigenvalue weighted by Gasteiger charge is -2.31. The zero-order valence-corrected chi connectivity index (χ0v) is 12.4. The van der Waals surface area contributed by atoms with E-state index in [1.165, 1.54) is 43.9 Å². The molecule has 0 spiro atoms. The summed E-state index contributed by atoms with van der Waals surface area (Å²) in [7, 11) is 0. The van der Waals surface area contributed by atoms with Crippen LogP contribution in [0.5, 0.6) is 0 Å². The fraction of sp³-hybridized carbons (Fsp3) is 0.786. The van der Waals surface area contributed by atoms with Gasteiger partial charge < -0.3 is 10.2 Å². The number of nitrogens with zero attached hydrogens (tertiary/aromatic N) is 2. The summed E-state index contributed by atoms with van der Waals surface area (Å²) in [6.45, 7) is 9.28. The average molecular weight is 267 g/mol. The van der Waals surface area contributed by atoms with Crippen molar-refractivity contribution in [2.24, 2.45) is 0 Å². The van der Waals surface area contributed by atoms with E-state index in [0.717, 1.165) is 13.0 Å². The Kier molecular flexibility index (Phi) is 5.15. The van der Waals surface area contributed by atoms with Crippen LogP contribution >= 0.6 is 11.3 Å². The van der Waals surface area contributed by atoms with Crippen molar-refractivity contribution in [3.05, 3.63) is 16.6 Å². The van der Waals surface area contributed by atoms with Gasteiger partial charge in [-0.2, -0.15) is 0 Å². The van der Waals surface area contributed by atoms with Crippen LogP contribution in [0.1, 0.15) is 44.5 Å². The summed E-state index contributed by atoms with van der Waals surface area (Å²) >= 11 is 1.75. The molecule has 1 aromatic heterocycles. The van der Waals surface area contributed by atoms with Crippen LogP contribution in [-0.4, -0.2) is 36.1 Å². The van der Waals surface area contributed by atoms with Crippen LogP contribution in [0.25, 0.3) is 0 Å². The van der Waals surface area contributed by atoms with Crippen LogP contribution in [0.4, 0.5) is 0 Å². The number of hydrogen-bond acceptors (Lipinski definition) is 4. The highest BCUT2D eigenvalue weighted by Crippen LogP contribution is 2.25. The molecule has 0 saturated carbocycles. The van der Waals surface area contributed by atoms with Gasteiger partial charge in [0.25, 0.3) is 0 Å². The molecule has 1 fully saturated rings. The maximum absolute atomic E-state index is 4.47. The van der Waals surface area contributed by atoms with E-state index in [9.17, 15) is 0 Å². The van der Waals surface area contributed by atoms with Crippen molar-refractivity contribution < 1.29 is 0 Å². The van der Waals surface area contributed by atoms with Gasteiger partial charge in [0.1, 0.15) is 5.01 Å². The van der Waals surface area contributed by atoms with Gasteiger partial charge in [0, 0.05) is 24.7 Å². The smallest absolute Gasteiger partial charge is 0.112 e. The van der Waals surface area contributed by atoms with Crippen molar-refractivity contribution in [2.45, 2.75) is 45.1 Å². The van der Waals surface area contributed by atoms with E-state index >= 15 is 0 Å². The van der Waals surface area contributed by atoms with Crippen LogP contribution in [0.3, 0.4) is 0 Å². The van der Waals surface area contributed by atoms with Gasteiger partial charge in [-0.15, -0.1) is 11.3 Å². The number of piperidine rings is 1. The van der Waals surface area contributed by atoms with Gasteiger partial charge in [-0.05, 0) is 39.3 Å². The molecule has 1 aliphatic heterocycles. The predicted octanol–water partition coefficient (Wildman–Crippen LogP) is 2.84. The Bertz CT molecular complexity index is 333. The average Bonchev–Trinajstić information content (AvgIpc) is 2.94. The Hall–Kier alpha value is -0.450. The van der Waals surface area contributed by atoms with Gasteiger partial charge in [0.15, 0.2) is 0 Å². The van der Waals surface area contributed by atoms with Gasteiger partial charge in [-0.1, -0.05) is 13.3 Å². The first-order valence-electron chi connectivity index (χ1n) is 7.12. The highest BCUT2D eigenvalue weighted by Gasteiger charge is 2.26. The molecule has 4 heteroatoms. The number of hydrogen-bond donors (Lipinski definition) is 1. The van der Waals surface area contributed by atoms with Gasteiger partial charge in [0.05, 0.1) is 5.54 Å².